The zero-order valence-corrected chi connectivity index (χ0v) is 10.8. The molecular weight excluding hydrogens is 208 g/mol. The van der Waals surface area contributed by atoms with Crippen LogP contribution in [0, 0.1) is 0 Å². The molecule has 1 aromatic rings. The van der Waals surface area contributed by atoms with E-state index in [1.165, 1.54) is 36.8 Å². The maximum atomic E-state index is 3.51. The van der Waals surface area contributed by atoms with E-state index in [0.717, 1.165) is 25.7 Å². The topological polar surface area (TPSA) is 24.1 Å². The second-order valence-electron chi connectivity index (χ2n) is 4.97. The third kappa shape index (κ3) is 4.88. The summed E-state index contributed by atoms with van der Waals surface area (Å²) in [6.45, 7) is 5.37. The molecule has 0 aliphatic heterocycles. The van der Waals surface area contributed by atoms with Crippen LogP contribution in [0.15, 0.2) is 24.3 Å². The van der Waals surface area contributed by atoms with Crippen LogP contribution in [0.1, 0.15) is 37.3 Å². The van der Waals surface area contributed by atoms with Crippen molar-refractivity contribution in [3.05, 3.63) is 35.4 Å². The van der Waals surface area contributed by atoms with Gasteiger partial charge in [-0.2, -0.15) is 0 Å². The Kier molecular flexibility index (Phi) is 5.02. The van der Waals surface area contributed by atoms with Crippen LogP contribution in [0.3, 0.4) is 0 Å². The summed E-state index contributed by atoms with van der Waals surface area (Å²) in [7, 11) is 0. The standard InChI is InChI=1S/C15H24N2/c1-2-3-13-4-6-14(7-5-13)12-16-10-11-17-15-8-9-15/h4-7,15-17H,2-3,8-12H2,1H3. The minimum absolute atomic E-state index is 0.824. The van der Waals surface area contributed by atoms with Gasteiger partial charge in [0.2, 0.25) is 0 Å². The van der Waals surface area contributed by atoms with Gasteiger partial charge in [-0.05, 0) is 30.4 Å². The van der Waals surface area contributed by atoms with Gasteiger partial charge in [0, 0.05) is 25.7 Å². The minimum atomic E-state index is 0.824. The molecule has 2 N–H and O–H groups in total. The van der Waals surface area contributed by atoms with E-state index >= 15 is 0 Å². The fraction of sp³-hybridized carbons (Fsp3) is 0.600. The Balaban J connectivity index is 1.60. The Morgan fingerprint density at radius 2 is 1.76 bits per heavy atom. The van der Waals surface area contributed by atoms with E-state index in [2.05, 4.69) is 41.8 Å². The van der Waals surface area contributed by atoms with Gasteiger partial charge in [0.15, 0.2) is 0 Å². The van der Waals surface area contributed by atoms with Crippen molar-refractivity contribution < 1.29 is 0 Å². The van der Waals surface area contributed by atoms with Gasteiger partial charge in [0.05, 0.1) is 0 Å². The summed E-state index contributed by atoms with van der Waals surface area (Å²) in [6, 6.07) is 9.81. The number of aryl methyl sites for hydroxylation is 1. The van der Waals surface area contributed by atoms with Crippen molar-refractivity contribution in [1.29, 1.82) is 0 Å². The number of hydrogen-bond acceptors (Lipinski definition) is 2. The number of benzene rings is 1. The van der Waals surface area contributed by atoms with Crippen molar-refractivity contribution in [3.63, 3.8) is 0 Å². The van der Waals surface area contributed by atoms with Gasteiger partial charge in [0.1, 0.15) is 0 Å². The van der Waals surface area contributed by atoms with E-state index in [4.69, 9.17) is 0 Å². The molecule has 1 aliphatic rings. The van der Waals surface area contributed by atoms with Gasteiger partial charge >= 0.3 is 0 Å². The molecule has 17 heavy (non-hydrogen) atoms. The van der Waals surface area contributed by atoms with Crippen LogP contribution in [0.5, 0.6) is 0 Å². The molecule has 94 valence electrons. The fourth-order valence-electron chi connectivity index (χ4n) is 2.00. The molecule has 0 aromatic heterocycles. The van der Waals surface area contributed by atoms with Crippen molar-refractivity contribution >= 4 is 0 Å². The largest absolute Gasteiger partial charge is 0.313 e. The molecule has 0 heterocycles. The Morgan fingerprint density at radius 1 is 1.06 bits per heavy atom. The molecule has 0 amide bonds. The Labute approximate surface area is 105 Å². The van der Waals surface area contributed by atoms with Crippen molar-refractivity contribution in [3.8, 4) is 0 Å². The van der Waals surface area contributed by atoms with Crippen LogP contribution >= 0.6 is 0 Å². The second-order valence-corrected chi connectivity index (χ2v) is 4.97. The molecule has 0 bridgehead atoms. The third-order valence-electron chi connectivity index (χ3n) is 3.20. The maximum absolute atomic E-state index is 3.51. The first kappa shape index (κ1) is 12.6. The van der Waals surface area contributed by atoms with Gasteiger partial charge in [-0.15, -0.1) is 0 Å². The highest BCUT2D eigenvalue weighted by atomic mass is 15.0. The van der Waals surface area contributed by atoms with Crippen molar-refractivity contribution in [2.45, 2.75) is 45.2 Å². The van der Waals surface area contributed by atoms with E-state index in [1.807, 2.05) is 0 Å². The molecule has 1 aliphatic carbocycles. The molecule has 0 unspecified atom stereocenters. The highest BCUT2D eigenvalue weighted by Crippen LogP contribution is 2.17. The first-order chi connectivity index (χ1) is 8.38. The molecule has 2 nitrogen and oxygen atoms in total. The Hall–Kier alpha value is -0.860. The quantitative estimate of drug-likeness (QED) is 0.673. The van der Waals surface area contributed by atoms with Gasteiger partial charge in [-0.25, -0.2) is 0 Å². The van der Waals surface area contributed by atoms with Crippen LogP contribution in [0.4, 0.5) is 0 Å². The normalized spacial score (nSPS) is 15.1. The first-order valence-electron chi connectivity index (χ1n) is 6.90. The van der Waals surface area contributed by atoms with E-state index in [1.54, 1.807) is 0 Å². The monoisotopic (exact) mass is 232 g/mol. The lowest BCUT2D eigenvalue weighted by Crippen LogP contribution is -2.28. The molecule has 1 saturated carbocycles. The van der Waals surface area contributed by atoms with E-state index < -0.39 is 0 Å². The van der Waals surface area contributed by atoms with E-state index in [9.17, 15) is 0 Å². The number of nitrogens with one attached hydrogen (secondary N) is 2. The summed E-state index contributed by atoms with van der Waals surface area (Å²) in [4.78, 5) is 0. The zero-order valence-electron chi connectivity index (χ0n) is 10.8. The second kappa shape index (κ2) is 6.77. The van der Waals surface area contributed by atoms with Crippen molar-refractivity contribution in [1.82, 2.24) is 10.6 Å². The molecule has 2 heteroatoms. The summed E-state index contributed by atoms with van der Waals surface area (Å²) in [5.41, 5.74) is 2.84. The van der Waals surface area contributed by atoms with Crippen LogP contribution in [0.2, 0.25) is 0 Å². The average Bonchev–Trinajstić information content (AvgIpc) is 3.15. The molecule has 0 spiro atoms. The molecule has 2 rings (SSSR count). The molecule has 0 saturated heterocycles. The summed E-state index contributed by atoms with van der Waals surface area (Å²) < 4.78 is 0. The van der Waals surface area contributed by atoms with Crippen LogP contribution < -0.4 is 10.6 Å². The van der Waals surface area contributed by atoms with Gasteiger partial charge in [0.25, 0.3) is 0 Å². The molecular formula is C15H24N2. The third-order valence-corrected chi connectivity index (χ3v) is 3.20. The van der Waals surface area contributed by atoms with Crippen molar-refractivity contribution in [2.75, 3.05) is 13.1 Å². The summed E-state index contributed by atoms with van der Waals surface area (Å²) in [6.07, 6.45) is 5.17. The lowest BCUT2D eigenvalue weighted by Gasteiger charge is -2.06. The molecule has 1 aromatic carbocycles. The predicted molar refractivity (Wildman–Crippen MR) is 73.2 cm³/mol. The van der Waals surface area contributed by atoms with Crippen LogP contribution in [0.25, 0.3) is 0 Å². The van der Waals surface area contributed by atoms with Crippen LogP contribution in [-0.4, -0.2) is 19.1 Å². The SMILES string of the molecule is CCCc1ccc(CNCCNC2CC2)cc1. The number of rotatable bonds is 8. The predicted octanol–water partition coefficient (Wildman–Crippen LogP) is 2.48. The van der Waals surface area contributed by atoms with E-state index in [-0.39, 0.29) is 0 Å². The number of hydrogen-bond donors (Lipinski definition) is 2. The molecule has 0 atom stereocenters. The molecule has 0 radical (unpaired) electrons. The summed E-state index contributed by atoms with van der Waals surface area (Å²) >= 11 is 0. The smallest absolute Gasteiger partial charge is 0.0206 e. The highest BCUT2D eigenvalue weighted by molar-refractivity contribution is 5.22. The lowest BCUT2D eigenvalue weighted by molar-refractivity contribution is 0.608. The van der Waals surface area contributed by atoms with Crippen LogP contribution in [-0.2, 0) is 13.0 Å². The van der Waals surface area contributed by atoms with Gasteiger partial charge < -0.3 is 10.6 Å². The Bertz CT molecular complexity index is 314. The van der Waals surface area contributed by atoms with Gasteiger partial charge in [-0.3, -0.25) is 0 Å². The summed E-state index contributed by atoms with van der Waals surface area (Å²) in [5.74, 6) is 0. The fourth-order valence-corrected chi connectivity index (χ4v) is 2.00. The first-order valence-corrected chi connectivity index (χ1v) is 6.90. The van der Waals surface area contributed by atoms with Crippen molar-refractivity contribution in [2.24, 2.45) is 0 Å². The highest BCUT2D eigenvalue weighted by Gasteiger charge is 2.19. The zero-order chi connectivity index (χ0) is 11.9. The minimum Gasteiger partial charge on any atom is -0.313 e. The van der Waals surface area contributed by atoms with Gasteiger partial charge in [-0.1, -0.05) is 37.6 Å². The average molecular weight is 232 g/mol. The molecule has 1 fully saturated rings. The maximum Gasteiger partial charge on any atom is 0.0206 e. The van der Waals surface area contributed by atoms with E-state index in [0.29, 0.717) is 0 Å². The Morgan fingerprint density at radius 3 is 2.41 bits per heavy atom. The lowest BCUT2D eigenvalue weighted by atomic mass is 10.1. The summed E-state index contributed by atoms with van der Waals surface area (Å²) in [5, 5.41) is 6.98.